The number of anilines is 1. The second-order valence-corrected chi connectivity index (χ2v) is 5.31. The Hall–Kier alpha value is -0.610. The molecule has 94 valence electrons. The van der Waals surface area contributed by atoms with Gasteiger partial charge in [-0.05, 0) is 31.5 Å². The van der Waals surface area contributed by atoms with Crippen molar-refractivity contribution in [3.8, 4) is 0 Å². The van der Waals surface area contributed by atoms with Crippen LogP contribution in [0.4, 0.5) is 5.69 Å². The minimum absolute atomic E-state index is 0.461. The Morgan fingerprint density at radius 2 is 2.12 bits per heavy atom. The van der Waals surface area contributed by atoms with Crippen LogP contribution in [0.3, 0.4) is 0 Å². The van der Waals surface area contributed by atoms with E-state index in [1.807, 2.05) is 12.1 Å². The molecule has 0 atom stereocenters. The lowest BCUT2D eigenvalue weighted by Gasteiger charge is -2.25. The van der Waals surface area contributed by atoms with Gasteiger partial charge in [-0.2, -0.15) is 0 Å². The first-order valence-electron chi connectivity index (χ1n) is 5.94. The Morgan fingerprint density at radius 1 is 1.41 bits per heavy atom. The molecule has 0 heterocycles. The van der Waals surface area contributed by atoms with Crippen molar-refractivity contribution in [2.24, 2.45) is 5.73 Å². The Bertz CT molecular complexity index is 393. The van der Waals surface area contributed by atoms with E-state index in [2.05, 4.69) is 40.7 Å². The van der Waals surface area contributed by atoms with Crippen LogP contribution in [-0.2, 0) is 0 Å². The number of benzene rings is 1. The normalized spacial score (nSPS) is 10.3. The largest absolute Gasteiger partial charge is 0.389 e. The monoisotopic (exact) mass is 314 g/mol. The van der Waals surface area contributed by atoms with Crippen molar-refractivity contribution < 1.29 is 0 Å². The van der Waals surface area contributed by atoms with Gasteiger partial charge in [-0.15, -0.1) is 0 Å². The third-order valence-corrected chi connectivity index (χ3v) is 3.44. The number of hydrogen-bond acceptors (Lipinski definition) is 2. The van der Waals surface area contributed by atoms with Crippen molar-refractivity contribution in [2.45, 2.75) is 26.7 Å². The second-order valence-electron chi connectivity index (χ2n) is 3.96. The van der Waals surface area contributed by atoms with Crippen LogP contribution in [0.1, 0.15) is 32.3 Å². The molecule has 0 aromatic heterocycles. The SMILES string of the molecule is CCCCN(CC)c1cc(Br)ccc1C(N)=S. The lowest BCUT2D eigenvalue weighted by molar-refractivity contribution is 0.731. The predicted molar refractivity (Wildman–Crippen MR) is 82.8 cm³/mol. The maximum absolute atomic E-state index is 5.78. The van der Waals surface area contributed by atoms with Crippen molar-refractivity contribution in [1.82, 2.24) is 0 Å². The molecule has 1 aromatic carbocycles. The van der Waals surface area contributed by atoms with Crippen LogP contribution >= 0.6 is 28.1 Å². The molecule has 4 heteroatoms. The first kappa shape index (κ1) is 14.5. The molecule has 0 saturated heterocycles. The number of nitrogens with zero attached hydrogens (tertiary/aromatic N) is 1. The number of unbranched alkanes of at least 4 members (excludes halogenated alkanes) is 1. The highest BCUT2D eigenvalue weighted by atomic mass is 79.9. The van der Waals surface area contributed by atoms with Gasteiger partial charge in [-0.25, -0.2) is 0 Å². The van der Waals surface area contributed by atoms with Crippen molar-refractivity contribution in [1.29, 1.82) is 0 Å². The molecule has 1 rings (SSSR count). The van der Waals surface area contributed by atoms with Gasteiger partial charge in [0.1, 0.15) is 4.99 Å². The van der Waals surface area contributed by atoms with E-state index in [4.69, 9.17) is 18.0 Å². The van der Waals surface area contributed by atoms with Gasteiger partial charge < -0.3 is 10.6 Å². The fourth-order valence-corrected chi connectivity index (χ4v) is 2.29. The minimum Gasteiger partial charge on any atom is -0.389 e. The van der Waals surface area contributed by atoms with Gasteiger partial charge in [-0.3, -0.25) is 0 Å². The molecule has 0 unspecified atom stereocenters. The van der Waals surface area contributed by atoms with E-state index in [-0.39, 0.29) is 0 Å². The summed E-state index contributed by atoms with van der Waals surface area (Å²) in [6.07, 6.45) is 2.37. The summed E-state index contributed by atoms with van der Waals surface area (Å²) in [6, 6.07) is 6.05. The van der Waals surface area contributed by atoms with E-state index in [1.54, 1.807) is 0 Å². The van der Waals surface area contributed by atoms with E-state index < -0.39 is 0 Å². The topological polar surface area (TPSA) is 29.3 Å². The average Bonchev–Trinajstić information content (AvgIpc) is 2.29. The first-order chi connectivity index (χ1) is 8.10. The van der Waals surface area contributed by atoms with Crippen LogP contribution in [0.5, 0.6) is 0 Å². The molecule has 1 aromatic rings. The summed E-state index contributed by atoms with van der Waals surface area (Å²) in [6.45, 7) is 6.36. The Labute approximate surface area is 117 Å². The van der Waals surface area contributed by atoms with E-state index in [0.29, 0.717) is 4.99 Å². The third kappa shape index (κ3) is 3.96. The van der Waals surface area contributed by atoms with Crippen LogP contribution in [0.15, 0.2) is 22.7 Å². The van der Waals surface area contributed by atoms with Crippen molar-refractivity contribution in [3.05, 3.63) is 28.2 Å². The molecule has 0 aliphatic rings. The highest BCUT2D eigenvalue weighted by Gasteiger charge is 2.11. The zero-order valence-corrected chi connectivity index (χ0v) is 12.8. The summed E-state index contributed by atoms with van der Waals surface area (Å²) in [5, 5.41) is 0. The summed E-state index contributed by atoms with van der Waals surface area (Å²) in [5.41, 5.74) is 7.86. The van der Waals surface area contributed by atoms with E-state index in [0.717, 1.165) is 28.8 Å². The van der Waals surface area contributed by atoms with Crippen molar-refractivity contribution in [2.75, 3.05) is 18.0 Å². The first-order valence-corrected chi connectivity index (χ1v) is 7.14. The number of halogens is 1. The van der Waals surface area contributed by atoms with Crippen molar-refractivity contribution >= 4 is 38.8 Å². The molecule has 0 bridgehead atoms. The Kier molecular flexibility index (Phi) is 5.92. The second kappa shape index (κ2) is 6.97. The summed E-state index contributed by atoms with van der Waals surface area (Å²) in [4.78, 5) is 2.78. The molecule has 0 aliphatic heterocycles. The molecule has 0 aliphatic carbocycles. The summed E-state index contributed by atoms with van der Waals surface area (Å²) in [7, 11) is 0. The molecule has 0 spiro atoms. The van der Waals surface area contributed by atoms with Gasteiger partial charge in [-0.1, -0.05) is 41.5 Å². The number of thiocarbonyl (C=S) groups is 1. The van der Waals surface area contributed by atoms with Crippen molar-refractivity contribution in [3.63, 3.8) is 0 Å². The fraction of sp³-hybridized carbons (Fsp3) is 0.462. The molecule has 0 fully saturated rings. The molecule has 0 saturated carbocycles. The van der Waals surface area contributed by atoms with E-state index >= 15 is 0 Å². The number of hydrogen-bond donors (Lipinski definition) is 1. The van der Waals surface area contributed by atoms with Crippen LogP contribution in [0, 0.1) is 0 Å². The molecule has 2 nitrogen and oxygen atoms in total. The molecule has 0 radical (unpaired) electrons. The van der Waals surface area contributed by atoms with E-state index in [9.17, 15) is 0 Å². The quantitative estimate of drug-likeness (QED) is 0.812. The average molecular weight is 315 g/mol. The zero-order chi connectivity index (χ0) is 12.8. The number of nitrogens with two attached hydrogens (primary N) is 1. The van der Waals surface area contributed by atoms with Gasteiger partial charge in [0.15, 0.2) is 0 Å². The van der Waals surface area contributed by atoms with Gasteiger partial charge in [0, 0.05) is 28.8 Å². The number of rotatable bonds is 6. The molecular weight excluding hydrogens is 296 g/mol. The molecule has 2 N–H and O–H groups in total. The Balaban J connectivity index is 3.06. The fourth-order valence-electron chi connectivity index (χ4n) is 1.77. The summed E-state index contributed by atoms with van der Waals surface area (Å²) < 4.78 is 1.06. The van der Waals surface area contributed by atoms with E-state index in [1.165, 1.54) is 12.8 Å². The zero-order valence-electron chi connectivity index (χ0n) is 10.4. The lowest BCUT2D eigenvalue weighted by atomic mass is 10.1. The minimum atomic E-state index is 0.461. The van der Waals surface area contributed by atoms with Crippen LogP contribution < -0.4 is 10.6 Å². The molecule has 0 amide bonds. The highest BCUT2D eigenvalue weighted by molar-refractivity contribution is 9.10. The third-order valence-electron chi connectivity index (χ3n) is 2.73. The van der Waals surface area contributed by atoms with Crippen LogP contribution in [0.25, 0.3) is 0 Å². The maximum Gasteiger partial charge on any atom is 0.106 e. The maximum atomic E-state index is 5.78. The summed E-state index contributed by atoms with van der Waals surface area (Å²) >= 11 is 8.61. The summed E-state index contributed by atoms with van der Waals surface area (Å²) in [5.74, 6) is 0. The van der Waals surface area contributed by atoms with Gasteiger partial charge in [0.05, 0.1) is 0 Å². The van der Waals surface area contributed by atoms with Gasteiger partial charge in [0.2, 0.25) is 0 Å². The highest BCUT2D eigenvalue weighted by Crippen LogP contribution is 2.25. The smallest absolute Gasteiger partial charge is 0.106 e. The molecule has 17 heavy (non-hydrogen) atoms. The van der Waals surface area contributed by atoms with Gasteiger partial charge >= 0.3 is 0 Å². The molecular formula is C13H19BrN2S. The van der Waals surface area contributed by atoms with Crippen LogP contribution in [-0.4, -0.2) is 18.1 Å². The predicted octanol–water partition coefficient (Wildman–Crippen LogP) is 3.71. The standard InChI is InChI=1S/C13H19BrN2S/c1-3-5-8-16(4-2)12-9-10(14)6-7-11(12)13(15)17/h6-7,9H,3-5,8H2,1-2H3,(H2,15,17). The lowest BCUT2D eigenvalue weighted by Crippen LogP contribution is -2.27. The Morgan fingerprint density at radius 3 is 2.65 bits per heavy atom. The van der Waals surface area contributed by atoms with Gasteiger partial charge in [0.25, 0.3) is 0 Å². The van der Waals surface area contributed by atoms with Crippen LogP contribution in [0.2, 0.25) is 0 Å².